The summed E-state index contributed by atoms with van der Waals surface area (Å²) in [5, 5.41) is 0. The van der Waals surface area contributed by atoms with Crippen molar-refractivity contribution in [2.75, 3.05) is 0 Å². The van der Waals surface area contributed by atoms with Crippen LogP contribution >= 0.6 is 0 Å². The molecule has 0 aromatic carbocycles. The molecule has 0 spiro atoms. The second-order valence-corrected chi connectivity index (χ2v) is 2.11. The van der Waals surface area contributed by atoms with Gasteiger partial charge in [-0.15, -0.1) is 0 Å². The summed E-state index contributed by atoms with van der Waals surface area (Å²) < 4.78 is 4.83. The van der Waals surface area contributed by atoms with Crippen LogP contribution in [0.3, 0.4) is 0 Å². The minimum Gasteiger partial charge on any atom is -0.461 e. The lowest BCUT2D eigenvalue weighted by Crippen LogP contribution is -1.96. The van der Waals surface area contributed by atoms with E-state index >= 15 is 0 Å². The Balaban J connectivity index is 2.49. The van der Waals surface area contributed by atoms with E-state index in [1.54, 1.807) is 12.1 Å². The molecule has 3 heteroatoms. The van der Waals surface area contributed by atoms with Gasteiger partial charge in [0, 0.05) is 12.8 Å². The number of hydrogen-bond donors (Lipinski definition) is 0. The van der Waals surface area contributed by atoms with Gasteiger partial charge in [0.25, 0.3) is 0 Å². The van der Waals surface area contributed by atoms with Crippen molar-refractivity contribution < 1.29 is 14.0 Å². The van der Waals surface area contributed by atoms with Gasteiger partial charge in [-0.3, -0.25) is 4.79 Å². The molecule has 0 unspecified atom stereocenters. The molecular weight excluding hydrogens is 144 g/mol. The maximum absolute atomic E-state index is 11.0. The molecule has 1 heterocycles. The zero-order chi connectivity index (χ0) is 8.10. The van der Waals surface area contributed by atoms with E-state index in [1.165, 1.54) is 6.26 Å². The Kier molecular flexibility index (Phi) is 2.60. The quantitative estimate of drug-likeness (QED) is 0.484. The summed E-state index contributed by atoms with van der Waals surface area (Å²) in [4.78, 5) is 20.9. The average Bonchev–Trinajstić information content (AvgIpc) is 2.52. The van der Waals surface area contributed by atoms with Crippen LogP contribution in [0.15, 0.2) is 22.8 Å². The summed E-state index contributed by atoms with van der Waals surface area (Å²) in [6, 6.07) is 3.24. The molecular formula is C8H8O3. The minimum atomic E-state index is -0.123. The highest BCUT2D eigenvalue weighted by atomic mass is 16.3. The molecule has 0 amide bonds. The molecule has 1 aromatic rings. The van der Waals surface area contributed by atoms with Gasteiger partial charge in [-0.1, -0.05) is 0 Å². The summed E-state index contributed by atoms with van der Waals surface area (Å²) in [6.45, 7) is 0. The maximum atomic E-state index is 11.0. The average molecular weight is 152 g/mol. The zero-order valence-electron chi connectivity index (χ0n) is 5.95. The molecule has 1 aromatic heterocycles. The molecule has 0 aliphatic rings. The van der Waals surface area contributed by atoms with Gasteiger partial charge in [-0.25, -0.2) is 0 Å². The van der Waals surface area contributed by atoms with Crippen molar-refractivity contribution in [3.63, 3.8) is 0 Å². The summed E-state index contributed by atoms with van der Waals surface area (Å²) in [7, 11) is 0. The molecule has 0 atom stereocenters. The normalized spacial score (nSPS) is 9.45. The van der Waals surface area contributed by atoms with E-state index in [0.717, 1.165) is 6.29 Å². The summed E-state index contributed by atoms with van der Waals surface area (Å²) in [5.74, 6) is 0.203. The lowest BCUT2D eigenvalue weighted by Gasteiger charge is -1.89. The van der Waals surface area contributed by atoms with Gasteiger partial charge in [0.1, 0.15) is 6.29 Å². The van der Waals surface area contributed by atoms with Gasteiger partial charge in [0.15, 0.2) is 11.5 Å². The molecule has 0 fully saturated rings. The molecule has 3 nitrogen and oxygen atoms in total. The van der Waals surface area contributed by atoms with E-state index in [2.05, 4.69) is 0 Å². The standard InChI is InChI=1S/C8H8O3/c9-5-1-3-7(10)8-4-2-6-11-8/h2,4-6H,1,3H2. The van der Waals surface area contributed by atoms with Crippen molar-refractivity contribution >= 4 is 12.1 Å². The highest BCUT2D eigenvalue weighted by Crippen LogP contribution is 2.04. The van der Waals surface area contributed by atoms with Gasteiger partial charge >= 0.3 is 0 Å². The van der Waals surface area contributed by atoms with Crippen LogP contribution in [-0.4, -0.2) is 12.1 Å². The first-order chi connectivity index (χ1) is 5.34. The molecule has 0 bridgehead atoms. The largest absolute Gasteiger partial charge is 0.461 e. The third-order valence-electron chi connectivity index (χ3n) is 1.29. The molecule has 0 saturated carbocycles. The van der Waals surface area contributed by atoms with E-state index < -0.39 is 0 Å². The van der Waals surface area contributed by atoms with E-state index in [4.69, 9.17) is 4.42 Å². The first-order valence-corrected chi connectivity index (χ1v) is 3.35. The fraction of sp³-hybridized carbons (Fsp3) is 0.250. The van der Waals surface area contributed by atoms with Crippen molar-refractivity contribution in [1.82, 2.24) is 0 Å². The number of carbonyl (C=O) groups is 2. The predicted molar refractivity (Wildman–Crippen MR) is 38.3 cm³/mol. The van der Waals surface area contributed by atoms with Gasteiger partial charge < -0.3 is 9.21 Å². The van der Waals surface area contributed by atoms with Crippen LogP contribution in [0, 0.1) is 0 Å². The molecule has 0 saturated heterocycles. The number of hydrogen-bond acceptors (Lipinski definition) is 3. The Morgan fingerprint density at radius 2 is 2.45 bits per heavy atom. The molecule has 0 aliphatic carbocycles. The van der Waals surface area contributed by atoms with Crippen molar-refractivity contribution in [3.05, 3.63) is 24.2 Å². The molecule has 0 N–H and O–H groups in total. The predicted octanol–water partition coefficient (Wildman–Crippen LogP) is 1.44. The number of rotatable bonds is 4. The highest BCUT2D eigenvalue weighted by molar-refractivity contribution is 5.94. The Hall–Kier alpha value is -1.38. The highest BCUT2D eigenvalue weighted by Gasteiger charge is 2.06. The monoisotopic (exact) mass is 152 g/mol. The lowest BCUT2D eigenvalue weighted by molar-refractivity contribution is -0.107. The van der Waals surface area contributed by atoms with Crippen molar-refractivity contribution in [1.29, 1.82) is 0 Å². The zero-order valence-corrected chi connectivity index (χ0v) is 5.95. The van der Waals surface area contributed by atoms with Crippen LogP contribution in [0.25, 0.3) is 0 Å². The van der Waals surface area contributed by atoms with E-state index in [-0.39, 0.29) is 18.6 Å². The van der Waals surface area contributed by atoms with Gasteiger partial charge in [0.05, 0.1) is 6.26 Å². The minimum absolute atomic E-state index is 0.123. The van der Waals surface area contributed by atoms with E-state index in [0.29, 0.717) is 5.76 Å². The molecule has 1 rings (SSSR count). The fourth-order valence-corrected chi connectivity index (χ4v) is 0.750. The molecule has 0 aliphatic heterocycles. The van der Waals surface area contributed by atoms with Crippen LogP contribution in [0.2, 0.25) is 0 Å². The van der Waals surface area contributed by atoms with Crippen LogP contribution in [0.4, 0.5) is 0 Å². The van der Waals surface area contributed by atoms with E-state index in [1.807, 2.05) is 0 Å². The van der Waals surface area contributed by atoms with Gasteiger partial charge in [-0.05, 0) is 12.1 Å². The summed E-state index contributed by atoms with van der Waals surface area (Å²) >= 11 is 0. The van der Waals surface area contributed by atoms with Crippen molar-refractivity contribution in [2.24, 2.45) is 0 Å². The molecule has 0 radical (unpaired) electrons. The number of carbonyl (C=O) groups excluding carboxylic acids is 2. The second-order valence-electron chi connectivity index (χ2n) is 2.11. The summed E-state index contributed by atoms with van der Waals surface area (Å²) in [5.41, 5.74) is 0. The van der Waals surface area contributed by atoms with Crippen molar-refractivity contribution in [3.8, 4) is 0 Å². The number of aldehydes is 1. The number of ketones is 1. The lowest BCUT2D eigenvalue weighted by atomic mass is 10.2. The topological polar surface area (TPSA) is 47.3 Å². The van der Waals surface area contributed by atoms with Gasteiger partial charge in [-0.2, -0.15) is 0 Å². The number of furan rings is 1. The summed E-state index contributed by atoms with van der Waals surface area (Å²) in [6.07, 6.45) is 2.66. The molecule has 58 valence electrons. The third-order valence-corrected chi connectivity index (χ3v) is 1.29. The number of Topliss-reactive ketones (excluding diaryl/α,β-unsaturated/α-hetero) is 1. The first kappa shape index (κ1) is 7.72. The first-order valence-electron chi connectivity index (χ1n) is 3.35. The van der Waals surface area contributed by atoms with Crippen molar-refractivity contribution in [2.45, 2.75) is 12.8 Å². The van der Waals surface area contributed by atoms with E-state index in [9.17, 15) is 9.59 Å². The third kappa shape index (κ3) is 2.04. The van der Waals surface area contributed by atoms with Crippen LogP contribution in [-0.2, 0) is 4.79 Å². The van der Waals surface area contributed by atoms with Crippen LogP contribution in [0.5, 0.6) is 0 Å². The maximum Gasteiger partial charge on any atom is 0.198 e. The smallest absolute Gasteiger partial charge is 0.198 e. The second kappa shape index (κ2) is 3.71. The Labute approximate surface area is 64.0 Å². The Morgan fingerprint density at radius 1 is 1.64 bits per heavy atom. The Morgan fingerprint density at radius 3 is 3.00 bits per heavy atom. The van der Waals surface area contributed by atoms with Crippen LogP contribution < -0.4 is 0 Å². The Bertz CT molecular complexity index is 236. The molecule has 11 heavy (non-hydrogen) atoms. The SMILES string of the molecule is O=CCCC(=O)c1ccco1. The fourth-order valence-electron chi connectivity index (χ4n) is 0.750. The van der Waals surface area contributed by atoms with Crippen LogP contribution in [0.1, 0.15) is 23.4 Å². The van der Waals surface area contributed by atoms with Gasteiger partial charge in [0.2, 0.25) is 0 Å².